The second-order valence-electron chi connectivity index (χ2n) is 12.5. The van der Waals surface area contributed by atoms with E-state index in [1.54, 1.807) is 0 Å². The van der Waals surface area contributed by atoms with Crippen molar-refractivity contribution >= 4 is 56.9 Å². The van der Waals surface area contributed by atoms with Crippen LogP contribution in [0.15, 0.2) is 18.2 Å². The number of aromatic amines is 2. The molecule has 5 atom stereocenters. The summed E-state index contributed by atoms with van der Waals surface area (Å²) in [5, 5.41) is 0. The highest BCUT2D eigenvalue weighted by atomic mass is 32.0. The van der Waals surface area contributed by atoms with Gasteiger partial charge in [-0.1, -0.05) is 13.8 Å². The molecule has 2 aliphatic heterocycles. The van der Waals surface area contributed by atoms with Crippen molar-refractivity contribution in [3.8, 4) is 0 Å². The molecule has 2 aliphatic rings. The second-order valence-corrected chi connectivity index (χ2v) is 15.0. The molecule has 0 saturated heterocycles. The number of fused-ring (bicyclic) bond motifs is 8. The summed E-state index contributed by atoms with van der Waals surface area (Å²) in [7, 11) is 4.47. The minimum Gasteiger partial charge on any atom is -0.469 e. The zero-order valence-corrected chi connectivity index (χ0v) is 30.5. The lowest BCUT2D eigenvalue weighted by atomic mass is 9.86. The summed E-state index contributed by atoms with van der Waals surface area (Å²) in [6.45, 7) is 16.0. The molecule has 0 aliphatic carbocycles. The lowest BCUT2D eigenvalue weighted by Gasteiger charge is -2.16. The first-order chi connectivity index (χ1) is 21.6. The molecule has 5 heterocycles. The average Bonchev–Trinajstić information content (AvgIpc) is 3.72. The van der Waals surface area contributed by atoms with Crippen molar-refractivity contribution < 1.29 is 14.3 Å². The van der Waals surface area contributed by atoms with E-state index < -0.39 is 0 Å². The highest BCUT2D eigenvalue weighted by Gasteiger charge is 2.31. The minimum atomic E-state index is -0.194. The van der Waals surface area contributed by atoms with Crippen LogP contribution in [0.4, 0.5) is 0 Å². The topological polar surface area (TPSA) is 92.9 Å². The normalized spacial score (nSPS) is 17.3. The molecule has 0 aromatic carbocycles. The number of hydrogen-bond donors (Lipinski definition) is 2. The number of allylic oxidation sites excluding steroid dienone is 1. The third-order valence-corrected chi connectivity index (χ3v) is 11.4. The molecule has 0 saturated carbocycles. The summed E-state index contributed by atoms with van der Waals surface area (Å²) < 4.78 is 11.4. The number of ether oxygens (including phenoxy) is 2. The van der Waals surface area contributed by atoms with Crippen molar-refractivity contribution in [2.24, 2.45) is 0 Å². The summed E-state index contributed by atoms with van der Waals surface area (Å²) in [4.78, 5) is 30.1. The number of H-pyrrole nitrogens is 2. The predicted octanol–water partition coefficient (Wildman–Crippen LogP) is 8.87. The fraction of sp³-hybridized carbons (Fsp3) is 0.472. The maximum atomic E-state index is 12.2. The molecule has 0 fully saturated rings. The van der Waals surface area contributed by atoms with Crippen LogP contribution in [0.2, 0.25) is 0 Å². The molecule has 3 aromatic rings. The molecular weight excluding hydrogens is 598 g/mol. The van der Waals surface area contributed by atoms with E-state index in [1.165, 1.54) is 35.5 Å². The van der Waals surface area contributed by atoms with Gasteiger partial charge in [0.15, 0.2) is 0 Å². The maximum Gasteiger partial charge on any atom is 0.305 e. The molecule has 9 heteroatoms. The fourth-order valence-corrected chi connectivity index (χ4v) is 8.00. The van der Waals surface area contributed by atoms with Gasteiger partial charge in [0, 0.05) is 78.3 Å². The Morgan fingerprint density at radius 2 is 1.76 bits per heavy atom. The summed E-state index contributed by atoms with van der Waals surface area (Å²) in [6.07, 6.45) is 6.33. The van der Waals surface area contributed by atoms with Crippen LogP contribution in [0, 0.1) is 20.8 Å². The van der Waals surface area contributed by atoms with Gasteiger partial charge in [-0.15, -0.1) is 0 Å². The molecule has 5 rings (SSSR count). The second kappa shape index (κ2) is 14.3. The number of esters is 1. The van der Waals surface area contributed by atoms with Crippen molar-refractivity contribution in [3.63, 3.8) is 0 Å². The Hall–Kier alpha value is -2.85. The zero-order valence-electron chi connectivity index (χ0n) is 28.1. The average molecular weight is 648 g/mol. The van der Waals surface area contributed by atoms with Gasteiger partial charge in [-0.25, -0.2) is 4.98 Å². The number of methoxy groups -OCH3 is 1. The van der Waals surface area contributed by atoms with Gasteiger partial charge in [-0.05, 0) is 115 Å². The predicted molar refractivity (Wildman–Crippen MR) is 194 cm³/mol. The number of nitrogens with one attached hydrogen (secondary N) is 2. The Morgan fingerprint density at radius 1 is 1.02 bits per heavy atom. The minimum absolute atomic E-state index is 0.0611. The molecule has 240 valence electrons. The number of aryl methyl sites for hydroxylation is 3. The number of rotatable bonds is 10. The van der Waals surface area contributed by atoms with Crippen LogP contribution in [-0.4, -0.2) is 45.8 Å². The molecule has 7 nitrogen and oxygen atoms in total. The first kappa shape index (κ1) is 33.5. The summed E-state index contributed by atoms with van der Waals surface area (Å²) in [5.74, 6) is 0.0126. The molecule has 45 heavy (non-hydrogen) atoms. The van der Waals surface area contributed by atoms with Crippen molar-refractivity contribution in [2.75, 3.05) is 19.9 Å². The van der Waals surface area contributed by atoms with E-state index in [0.29, 0.717) is 12.8 Å². The Balaban J connectivity index is 1.82. The number of carbonyl (C=O) groups is 1. The standard InChI is InChI=1S/C36H48N4O3P2/c1-9-25-20(3)29-18-33-35(24(7)43-13-10-14-45-44)22(5)31(39-33)17-30-21(4)26(11-12-34(41)42-8)36(40-30)23(6)28-15-19(2)27(37-28)16-32(25)38-29/h15-18,21,24,26,38-39,45H,9-14,44H2,1-8H3/p+1/t21-,24?,26-/m0/s1. The van der Waals surface area contributed by atoms with Crippen LogP contribution >= 0.6 is 17.2 Å². The SMILES string of the molecule is CCc1c(C)c2cc3[nH]c(cc4nc(c(C)c5nc(cc1[nH]2)C(C)=C5)[C@@H](CCC(=O)OC)[C@@H]4C)c(C)c3C(C)OCCCP[PH3+]. The van der Waals surface area contributed by atoms with Crippen LogP contribution < -0.4 is 0 Å². The van der Waals surface area contributed by atoms with Crippen molar-refractivity contribution in [1.29, 1.82) is 0 Å². The van der Waals surface area contributed by atoms with E-state index in [9.17, 15) is 4.79 Å². The van der Waals surface area contributed by atoms with Crippen LogP contribution in [0.1, 0.15) is 115 Å². The summed E-state index contributed by atoms with van der Waals surface area (Å²) >= 11 is 0. The van der Waals surface area contributed by atoms with E-state index in [1.807, 2.05) is 8.93 Å². The number of hydrogen-bond acceptors (Lipinski definition) is 5. The molecule has 3 unspecified atom stereocenters. The van der Waals surface area contributed by atoms with E-state index >= 15 is 0 Å². The molecule has 0 radical (unpaired) electrons. The third kappa shape index (κ3) is 6.82. The molecule has 0 spiro atoms. The largest absolute Gasteiger partial charge is 0.469 e. The van der Waals surface area contributed by atoms with Gasteiger partial charge in [-0.2, -0.15) is 0 Å². The van der Waals surface area contributed by atoms with Crippen LogP contribution in [0.3, 0.4) is 0 Å². The van der Waals surface area contributed by atoms with Gasteiger partial charge in [0.2, 0.25) is 0 Å². The van der Waals surface area contributed by atoms with Crippen LogP contribution in [0.25, 0.3) is 33.7 Å². The summed E-state index contributed by atoms with van der Waals surface area (Å²) in [6, 6.07) is 6.64. The van der Waals surface area contributed by atoms with Gasteiger partial charge in [0.25, 0.3) is 0 Å². The first-order valence-electron chi connectivity index (χ1n) is 16.2. The summed E-state index contributed by atoms with van der Waals surface area (Å²) in [5.41, 5.74) is 15.3. The molecule has 0 amide bonds. The van der Waals surface area contributed by atoms with Crippen LogP contribution in [-0.2, 0) is 20.7 Å². The van der Waals surface area contributed by atoms with Gasteiger partial charge in [0.1, 0.15) is 0 Å². The van der Waals surface area contributed by atoms with Crippen LogP contribution in [0.5, 0.6) is 0 Å². The van der Waals surface area contributed by atoms with Crippen molar-refractivity contribution in [2.45, 2.75) is 92.1 Å². The van der Waals surface area contributed by atoms with E-state index in [4.69, 9.17) is 19.4 Å². The fourth-order valence-electron chi connectivity index (χ4n) is 6.86. The maximum absolute atomic E-state index is 12.2. The van der Waals surface area contributed by atoms with Gasteiger partial charge in [-0.3, -0.25) is 9.78 Å². The third-order valence-electron chi connectivity index (χ3n) is 9.63. The van der Waals surface area contributed by atoms with Gasteiger partial charge < -0.3 is 19.4 Å². The molecular formula is C36H49N4O3P2+. The lowest BCUT2D eigenvalue weighted by Crippen LogP contribution is -2.08. The van der Waals surface area contributed by atoms with Gasteiger partial charge >= 0.3 is 5.97 Å². The Labute approximate surface area is 271 Å². The van der Waals surface area contributed by atoms with E-state index in [2.05, 4.69) is 82.7 Å². The number of carbonyl (C=O) groups excluding carboxylic acids is 1. The lowest BCUT2D eigenvalue weighted by molar-refractivity contribution is -0.140. The van der Waals surface area contributed by atoms with Crippen molar-refractivity contribution in [1.82, 2.24) is 19.9 Å². The smallest absolute Gasteiger partial charge is 0.305 e. The van der Waals surface area contributed by atoms with Gasteiger partial charge in [0.05, 0.1) is 24.6 Å². The molecule has 3 aromatic heterocycles. The highest BCUT2D eigenvalue weighted by Crippen LogP contribution is 2.42. The quantitative estimate of drug-likeness (QED) is 0.130. The number of aromatic nitrogens is 4. The zero-order chi connectivity index (χ0) is 32.4. The molecule has 2 N–H and O–H groups in total. The Bertz CT molecular complexity index is 1790. The monoisotopic (exact) mass is 647 g/mol. The van der Waals surface area contributed by atoms with Crippen molar-refractivity contribution in [3.05, 3.63) is 68.8 Å². The van der Waals surface area contributed by atoms with E-state index in [-0.39, 0.29) is 23.9 Å². The first-order valence-corrected chi connectivity index (χ1v) is 19.7. The Morgan fingerprint density at radius 3 is 2.47 bits per heavy atom. The number of nitrogens with zero attached hydrogens (tertiary/aromatic N) is 2. The Kier molecular flexibility index (Phi) is 10.6. The molecule has 8 bridgehead atoms. The highest BCUT2D eigenvalue weighted by molar-refractivity contribution is 8.02. The van der Waals surface area contributed by atoms with E-state index in [0.717, 1.165) is 83.7 Å².